The van der Waals surface area contributed by atoms with Crippen LogP contribution < -0.4 is 20.7 Å². The van der Waals surface area contributed by atoms with Gasteiger partial charge < -0.3 is 20.7 Å². The third kappa shape index (κ3) is 5.02. The van der Waals surface area contributed by atoms with Crippen molar-refractivity contribution in [2.45, 2.75) is 38.1 Å². The maximum atomic E-state index is 12.1. The second kappa shape index (κ2) is 8.76. The van der Waals surface area contributed by atoms with Crippen molar-refractivity contribution in [3.05, 3.63) is 41.6 Å². The van der Waals surface area contributed by atoms with Crippen LogP contribution in [0.3, 0.4) is 0 Å². The van der Waals surface area contributed by atoms with Crippen LogP contribution in [0, 0.1) is 0 Å². The van der Waals surface area contributed by atoms with Crippen LogP contribution in [-0.2, 0) is 0 Å². The molecular formula is C19H23ClN4O2. The zero-order chi connectivity index (χ0) is 18.4. The molecule has 1 aromatic carbocycles. The summed E-state index contributed by atoms with van der Waals surface area (Å²) in [6, 6.07) is 9.12. The molecule has 0 saturated heterocycles. The number of halogens is 1. The molecule has 0 bridgehead atoms. The van der Waals surface area contributed by atoms with E-state index in [0.29, 0.717) is 22.3 Å². The SMILES string of the molecule is COc1ccc(Nc2ccc(NC(=O)NC3CCCCC3)cn2)cc1Cl. The number of benzene rings is 1. The smallest absolute Gasteiger partial charge is 0.319 e. The molecule has 2 aromatic rings. The van der Waals surface area contributed by atoms with Crippen molar-refractivity contribution in [2.75, 3.05) is 17.7 Å². The van der Waals surface area contributed by atoms with Gasteiger partial charge in [-0.3, -0.25) is 0 Å². The fourth-order valence-corrected chi connectivity index (χ4v) is 3.29. The van der Waals surface area contributed by atoms with Crippen LogP contribution in [0.25, 0.3) is 0 Å². The Labute approximate surface area is 158 Å². The molecule has 1 aromatic heterocycles. The van der Waals surface area contributed by atoms with Gasteiger partial charge in [-0.05, 0) is 43.2 Å². The van der Waals surface area contributed by atoms with Gasteiger partial charge in [-0.2, -0.15) is 0 Å². The second-order valence-corrected chi connectivity index (χ2v) is 6.75. The van der Waals surface area contributed by atoms with Crippen molar-refractivity contribution in [1.29, 1.82) is 0 Å². The van der Waals surface area contributed by atoms with E-state index < -0.39 is 0 Å². The Morgan fingerprint density at radius 1 is 1.15 bits per heavy atom. The van der Waals surface area contributed by atoms with Crippen LogP contribution in [0.1, 0.15) is 32.1 Å². The number of aromatic nitrogens is 1. The van der Waals surface area contributed by atoms with Crippen molar-refractivity contribution in [1.82, 2.24) is 10.3 Å². The molecular weight excluding hydrogens is 352 g/mol. The minimum Gasteiger partial charge on any atom is -0.495 e. The molecule has 1 aliphatic carbocycles. The average molecular weight is 375 g/mol. The summed E-state index contributed by atoms with van der Waals surface area (Å²) < 4.78 is 5.14. The topological polar surface area (TPSA) is 75.3 Å². The molecule has 0 aliphatic heterocycles. The highest BCUT2D eigenvalue weighted by atomic mass is 35.5. The summed E-state index contributed by atoms with van der Waals surface area (Å²) in [6.07, 6.45) is 7.36. The molecule has 26 heavy (non-hydrogen) atoms. The van der Waals surface area contributed by atoms with E-state index in [1.54, 1.807) is 37.6 Å². The molecule has 0 radical (unpaired) electrons. The number of methoxy groups -OCH3 is 1. The van der Waals surface area contributed by atoms with Gasteiger partial charge in [0, 0.05) is 11.7 Å². The molecule has 1 fully saturated rings. The lowest BCUT2D eigenvalue weighted by molar-refractivity contribution is 0.244. The molecule has 6 nitrogen and oxygen atoms in total. The Morgan fingerprint density at radius 3 is 2.58 bits per heavy atom. The van der Waals surface area contributed by atoms with Crippen molar-refractivity contribution in [2.24, 2.45) is 0 Å². The van der Waals surface area contributed by atoms with Gasteiger partial charge >= 0.3 is 6.03 Å². The van der Waals surface area contributed by atoms with Crippen LogP contribution in [0.5, 0.6) is 5.75 Å². The number of rotatable bonds is 5. The Morgan fingerprint density at radius 2 is 1.92 bits per heavy atom. The van der Waals surface area contributed by atoms with Crippen molar-refractivity contribution in [3.8, 4) is 5.75 Å². The summed E-state index contributed by atoms with van der Waals surface area (Å²) in [5, 5.41) is 9.53. The summed E-state index contributed by atoms with van der Waals surface area (Å²) >= 11 is 6.12. The molecule has 1 aliphatic rings. The van der Waals surface area contributed by atoms with E-state index >= 15 is 0 Å². The second-order valence-electron chi connectivity index (χ2n) is 6.34. The summed E-state index contributed by atoms with van der Waals surface area (Å²) in [7, 11) is 1.58. The number of ether oxygens (including phenoxy) is 1. The van der Waals surface area contributed by atoms with Gasteiger partial charge in [-0.15, -0.1) is 0 Å². The predicted octanol–water partition coefficient (Wildman–Crippen LogP) is 4.94. The number of nitrogens with zero attached hydrogens (tertiary/aromatic N) is 1. The number of anilines is 3. The molecule has 138 valence electrons. The van der Waals surface area contributed by atoms with E-state index in [9.17, 15) is 4.79 Å². The first-order chi connectivity index (χ1) is 12.6. The lowest BCUT2D eigenvalue weighted by Crippen LogP contribution is -2.39. The van der Waals surface area contributed by atoms with Crippen molar-refractivity contribution >= 4 is 34.8 Å². The first-order valence-electron chi connectivity index (χ1n) is 8.78. The first-order valence-corrected chi connectivity index (χ1v) is 9.16. The van der Waals surface area contributed by atoms with Gasteiger partial charge in [0.25, 0.3) is 0 Å². The zero-order valence-corrected chi connectivity index (χ0v) is 15.5. The Bertz CT molecular complexity index is 746. The van der Waals surface area contributed by atoms with Gasteiger partial charge in [0.2, 0.25) is 0 Å². The maximum absolute atomic E-state index is 12.1. The van der Waals surface area contributed by atoms with E-state index in [0.717, 1.165) is 18.5 Å². The number of nitrogens with one attached hydrogen (secondary N) is 3. The quantitative estimate of drug-likeness (QED) is 0.692. The summed E-state index contributed by atoms with van der Waals surface area (Å²) in [5.41, 5.74) is 1.45. The van der Waals surface area contributed by atoms with Crippen molar-refractivity contribution in [3.63, 3.8) is 0 Å². The Kier molecular flexibility index (Phi) is 6.17. The van der Waals surface area contributed by atoms with Gasteiger partial charge in [0.15, 0.2) is 0 Å². The molecule has 3 N–H and O–H groups in total. The van der Waals surface area contributed by atoms with Crippen LogP contribution in [0.2, 0.25) is 5.02 Å². The molecule has 1 heterocycles. The number of amides is 2. The predicted molar refractivity (Wildman–Crippen MR) is 105 cm³/mol. The lowest BCUT2D eigenvalue weighted by atomic mass is 9.96. The molecule has 0 spiro atoms. The van der Waals surface area contributed by atoms with E-state index in [1.807, 2.05) is 6.07 Å². The molecule has 1 saturated carbocycles. The third-order valence-electron chi connectivity index (χ3n) is 4.39. The summed E-state index contributed by atoms with van der Waals surface area (Å²) in [6.45, 7) is 0. The number of hydrogen-bond donors (Lipinski definition) is 3. The Balaban J connectivity index is 1.54. The maximum Gasteiger partial charge on any atom is 0.319 e. The van der Waals surface area contributed by atoms with Crippen LogP contribution in [-0.4, -0.2) is 24.2 Å². The molecule has 2 amide bonds. The lowest BCUT2D eigenvalue weighted by Gasteiger charge is -2.22. The minimum atomic E-state index is -0.179. The monoisotopic (exact) mass is 374 g/mol. The van der Waals surface area contributed by atoms with E-state index in [1.165, 1.54) is 19.3 Å². The summed E-state index contributed by atoms with van der Waals surface area (Å²) in [5.74, 6) is 1.28. The van der Waals surface area contributed by atoms with Crippen LogP contribution in [0.15, 0.2) is 36.5 Å². The van der Waals surface area contributed by atoms with Gasteiger partial charge in [0.1, 0.15) is 11.6 Å². The number of hydrogen-bond acceptors (Lipinski definition) is 4. The number of urea groups is 1. The van der Waals surface area contributed by atoms with E-state index in [-0.39, 0.29) is 12.1 Å². The van der Waals surface area contributed by atoms with E-state index in [2.05, 4.69) is 20.9 Å². The van der Waals surface area contributed by atoms with Crippen molar-refractivity contribution < 1.29 is 9.53 Å². The van der Waals surface area contributed by atoms with Gasteiger partial charge in [0.05, 0.1) is 24.0 Å². The third-order valence-corrected chi connectivity index (χ3v) is 4.68. The number of carbonyl (C=O) groups is 1. The Hall–Kier alpha value is -2.47. The van der Waals surface area contributed by atoms with E-state index in [4.69, 9.17) is 16.3 Å². The van der Waals surface area contributed by atoms with Crippen LogP contribution in [0.4, 0.5) is 22.0 Å². The van der Waals surface area contributed by atoms with Gasteiger partial charge in [-0.1, -0.05) is 30.9 Å². The first kappa shape index (κ1) is 18.3. The highest BCUT2D eigenvalue weighted by molar-refractivity contribution is 6.32. The molecule has 3 rings (SSSR count). The largest absolute Gasteiger partial charge is 0.495 e. The fraction of sp³-hybridized carbons (Fsp3) is 0.368. The average Bonchev–Trinajstić information content (AvgIpc) is 2.64. The molecule has 7 heteroatoms. The molecule has 0 atom stereocenters. The number of pyridine rings is 1. The fourth-order valence-electron chi connectivity index (χ4n) is 3.03. The highest BCUT2D eigenvalue weighted by Gasteiger charge is 2.15. The number of carbonyl (C=O) groups excluding carboxylic acids is 1. The standard InChI is InChI=1S/C19H23ClN4O2/c1-26-17-9-7-14(11-16(17)20)22-18-10-8-15(12-21-18)24-19(25)23-13-5-3-2-4-6-13/h7-13H,2-6H2,1H3,(H,21,22)(H2,23,24,25). The van der Waals surface area contributed by atoms with Gasteiger partial charge in [-0.25, -0.2) is 9.78 Å². The molecule has 0 unspecified atom stereocenters. The zero-order valence-electron chi connectivity index (χ0n) is 14.7. The highest BCUT2D eigenvalue weighted by Crippen LogP contribution is 2.28. The normalized spacial score (nSPS) is 14.5. The van der Waals surface area contributed by atoms with Crippen LogP contribution >= 0.6 is 11.6 Å². The summed E-state index contributed by atoms with van der Waals surface area (Å²) in [4.78, 5) is 16.4. The minimum absolute atomic E-state index is 0.179.